The van der Waals surface area contributed by atoms with Crippen LogP contribution in [-0.2, 0) is 13.2 Å². The molecule has 2 aromatic carbocycles. The number of rotatable bonds is 5. The zero-order valence-corrected chi connectivity index (χ0v) is 12.2. The molecule has 106 valence electrons. The van der Waals surface area contributed by atoms with Gasteiger partial charge in [-0.15, -0.1) is 0 Å². The number of ether oxygens (including phenoxy) is 1. The molecule has 2 nitrogen and oxygen atoms in total. The quantitative estimate of drug-likeness (QED) is 0.896. The Morgan fingerprint density at radius 2 is 1.90 bits per heavy atom. The molecule has 20 heavy (non-hydrogen) atoms. The molecule has 0 amide bonds. The summed E-state index contributed by atoms with van der Waals surface area (Å²) in [5, 5.41) is 3.06. The van der Waals surface area contributed by atoms with Crippen molar-refractivity contribution in [1.29, 1.82) is 0 Å². The van der Waals surface area contributed by atoms with Crippen molar-refractivity contribution < 1.29 is 9.13 Å². The number of aryl methyl sites for hydroxylation is 2. The van der Waals surface area contributed by atoms with Crippen LogP contribution < -0.4 is 10.1 Å². The average Bonchev–Trinajstić information content (AvgIpc) is 2.43. The summed E-state index contributed by atoms with van der Waals surface area (Å²) in [6.45, 7) is 4.97. The van der Waals surface area contributed by atoms with E-state index in [1.807, 2.05) is 45.2 Å². The molecule has 0 saturated heterocycles. The van der Waals surface area contributed by atoms with Crippen LogP contribution in [0.4, 0.5) is 4.39 Å². The first kappa shape index (κ1) is 14.5. The lowest BCUT2D eigenvalue weighted by molar-refractivity contribution is 0.297. The van der Waals surface area contributed by atoms with Crippen molar-refractivity contribution in [3.8, 4) is 5.75 Å². The summed E-state index contributed by atoms with van der Waals surface area (Å²) in [5.41, 5.74) is 3.82. The number of halogens is 1. The van der Waals surface area contributed by atoms with Crippen molar-refractivity contribution in [2.45, 2.75) is 27.0 Å². The van der Waals surface area contributed by atoms with Gasteiger partial charge in [0.25, 0.3) is 0 Å². The third kappa shape index (κ3) is 3.58. The Bertz CT molecular complexity index is 596. The van der Waals surface area contributed by atoms with E-state index < -0.39 is 0 Å². The van der Waals surface area contributed by atoms with Crippen molar-refractivity contribution in [3.63, 3.8) is 0 Å². The van der Waals surface area contributed by atoms with E-state index in [0.29, 0.717) is 5.56 Å². The molecule has 0 spiro atoms. The maximum Gasteiger partial charge on any atom is 0.129 e. The zero-order chi connectivity index (χ0) is 14.5. The van der Waals surface area contributed by atoms with E-state index in [2.05, 4.69) is 5.32 Å². The molecule has 0 radical (unpaired) electrons. The van der Waals surface area contributed by atoms with E-state index in [4.69, 9.17) is 4.74 Å². The minimum Gasteiger partial charge on any atom is -0.489 e. The van der Waals surface area contributed by atoms with E-state index in [9.17, 15) is 4.39 Å². The second kappa shape index (κ2) is 6.53. The fraction of sp³-hybridized carbons (Fsp3) is 0.294. The lowest BCUT2D eigenvalue weighted by atomic mass is 10.1. The van der Waals surface area contributed by atoms with Gasteiger partial charge in [0.1, 0.15) is 18.2 Å². The third-order valence-electron chi connectivity index (χ3n) is 3.22. The summed E-state index contributed by atoms with van der Waals surface area (Å²) in [6, 6.07) is 11.2. The molecule has 1 N–H and O–H groups in total. The highest BCUT2D eigenvalue weighted by Crippen LogP contribution is 2.21. The molecule has 0 aliphatic carbocycles. The molecule has 0 heterocycles. The number of benzene rings is 2. The van der Waals surface area contributed by atoms with Gasteiger partial charge >= 0.3 is 0 Å². The van der Waals surface area contributed by atoms with Crippen LogP contribution in [0.3, 0.4) is 0 Å². The van der Waals surface area contributed by atoms with Crippen LogP contribution in [0.15, 0.2) is 36.4 Å². The molecule has 3 heteroatoms. The zero-order valence-electron chi connectivity index (χ0n) is 12.2. The van der Waals surface area contributed by atoms with Gasteiger partial charge in [-0.2, -0.15) is 0 Å². The van der Waals surface area contributed by atoms with Crippen LogP contribution in [-0.4, -0.2) is 7.05 Å². The van der Waals surface area contributed by atoms with Crippen molar-refractivity contribution in [3.05, 3.63) is 64.5 Å². The molecule has 0 unspecified atom stereocenters. The van der Waals surface area contributed by atoms with Gasteiger partial charge in [-0.1, -0.05) is 18.2 Å². The molecule has 0 saturated carbocycles. The van der Waals surface area contributed by atoms with E-state index in [1.165, 1.54) is 6.07 Å². The van der Waals surface area contributed by atoms with Crippen molar-refractivity contribution in [2.24, 2.45) is 0 Å². The lowest BCUT2D eigenvalue weighted by Crippen LogP contribution is -2.07. The smallest absolute Gasteiger partial charge is 0.129 e. The Morgan fingerprint density at radius 1 is 1.10 bits per heavy atom. The molecule has 2 aromatic rings. The van der Waals surface area contributed by atoms with Gasteiger partial charge in [0.2, 0.25) is 0 Å². The van der Waals surface area contributed by atoms with Gasteiger partial charge in [-0.3, -0.25) is 0 Å². The normalized spacial score (nSPS) is 10.6. The van der Waals surface area contributed by atoms with E-state index in [1.54, 1.807) is 6.07 Å². The maximum atomic E-state index is 13.8. The van der Waals surface area contributed by atoms with Crippen LogP contribution in [0.25, 0.3) is 0 Å². The molecule has 2 rings (SSSR count). The molecular weight excluding hydrogens is 253 g/mol. The summed E-state index contributed by atoms with van der Waals surface area (Å²) in [5.74, 6) is 0.582. The number of hydrogen-bond acceptors (Lipinski definition) is 2. The molecule has 0 bridgehead atoms. The topological polar surface area (TPSA) is 21.3 Å². The van der Waals surface area contributed by atoms with E-state index in [0.717, 1.165) is 29.0 Å². The van der Waals surface area contributed by atoms with Crippen LogP contribution >= 0.6 is 0 Å². The highest BCUT2D eigenvalue weighted by atomic mass is 19.1. The van der Waals surface area contributed by atoms with E-state index >= 15 is 0 Å². The maximum absolute atomic E-state index is 13.8. The summed E-state index contributed by atoms with van der Waals surface area (Å²) >= 11 is 0. The van der Waals surface area contributed by atoms with Crippen LogP contribution in [0.5, 0.6) is 5.75 Å². The summed E-state index contributed by atoms with van der Waals surface area (Å²) in [6.07, 6.45) is 0. The number of hydrogen-bond donors (Lipinski definition) is 1. The Labute approximate surface area is 119 Å². The second-order valence-corrected chi connectivity index (χ2v) is 5.01. The first-order valence-electron chi connectivity index (χ1n) is 6.72. The number of nitrogens with one attached hydrogen (secondary N) is 1. The van der Waals surface area contributed by atoms with Gasteiger partial charge < -0.3 is 10.1 Å². The van der Waals surface area contributed by atoms with Gasteiger partial charge in [-0.25, -0.2) is 4.39 Å². The van der Waals surface area contributed by atoms with Crippen LogP contribution in [0.1, 0.15) is 22.3 Å². The highest BCUT2D eigenvalue weighted by molar-refractivity contribution is 5.36. The summed E-state index contributed by atoms with van der Waals surface area (Å²) < 4.78 is 19.5. The average molecular weight is 273 g/mol. The predicted octanol–water partition coefficient (Wildman–Crippen LogP) is 3.74. The fourth-order valence-electron chi connectivity index (χ4n) is 2.07. The van der Waals surface area contributed by atoms with Gasteiger partial charge in [-0.05, 0) is 55.8 Å². The van der Waals surface area contributed by atoms with E-state index in [-0.39, 0.29) is 12.4 Å². The Morgan fingerprint density at radius 3 is 2.65 bits per heavy atom. The SMILES string of the molecule is CNCc1ccc(F)c(COc2cc(C)ccc2C)c1. The summed E-state index contributed by atoms with van der Waals surface area (Å²) in [4.78, 5) is 0. The van der Waals surface area contributed by atoms with Crippen molar-refractivity contribution in [1.82, 2.24) is 5.32 Å². The molecule has 0 aliphatic rings. The van der Waals surface area contributed by atoms with Crippen molar-refractivity contribution >= 4 is 0 Å². The Balaban J connectivity index is 2.13. The fourth-order valence-corrected chi connectivity index (χ4v) is 2.07. The third-order valence-corrected chi connectivity index (χ3v) is 3.22. The molecule has 0 fully saturated rings. The predicted molar refractivity (Wildman–Crippen MR) is 79.4 cm³/mol. The second-order valence-electron chi connectivity index (χ2n) is 5.01. The molecule has 0 aliphatic heterocycles. The lowest BCUT2D eigenvalue weighted by Gasteiger charge is -2.11. The Kier molecular flexibility index (Phi) is 4.74. The first-order valence-corrected chi connectivity index (χ1v) is 6.72. The highest BCUT2D eigenvalue weighted by Gasteiger charge is 2.06. The standard InChI is InChI=1S/C17H20FNO/c1-12-4-5-13(2)17(8-12)20-11-15-9-14(10-19-3)6-7-16(15)18/h4-9,19H,10-11H2,1-3H3. The van der Waals surface area contributed by atoms with Crippen molar-refractivity contribution in [2.75, 3.05) is 7.05 Å². The summed E-state index contributed by atoms with van der Waals surface area (Å²) in [7, 11) is 1.87. The van der Waals surface area contributed by atoms with Gasteiger partial charge in [0.15, 0.2) is 0 Å². The monoisotopic (exact) mass is 273 g/mol. The van der Waals surface area contributed by atoms with Gasteiger partial charge in [0.05, 0.1) is 0 Å². The molecular formula is C17H20FNO. The molecule has 0 aromatic heterocycles. The minimum atomic E-state index is -0.227. The van der Waals surface area contributed by atoms with Gasteiger partial charge in [0, 0.05) is 12.1 Å². The molecule has 0 atom stereocenters. The first-order chi connectivity index (χ1) is 9.60. The van der Waals surface area contributed by atoms with Crippen LogP contribution in [0.2, 0.25) is 0 Å². The van der Waals surface area contributed by atoms with Crippen LogP contribution in [0, 0.1) is 19.7 Å². The Hall–Kier alpha value is -1.87. The largest absolute Gasteiger partial charge is 0.489 e. The minimum absolute atomic E-state index is 0.227.